The quantitative estimate of drug-likeness (QED) is 0.645. The predicted molar refractivity (Wildman–Crippen MR) is 98.7 cm³/mol. The number of thiocarbonyl (C=S) groups is 1. The van der Waals surface area contributed by atoms with Gasteiger partial charge in [-0.05, 0) is 36.5 Å². The minimum Gasteiger partial charge on any atom is -0.490 e. The first-order chi connectivity index (χ1) is 11.6. The number of nitrogens with zero attached hydrogens (tertiary/aromatic N) is 1. The number of methoxy groups -OCH3 is 1. The van der Waals surface area contributed by atoms with E-state index in [0.29, 0.717) is 29.6 Å². The molecule has 0 fully saturated rings. The zero-order valence-corrected chi connectivity index (χ0v) is 14.5. The predicted octanol–water partition coefficient (Wildman–Crippen LogP) is 2.86. The van der Waals surface area contributed by atoms with E-state index in [2.05, 4.69) is 5.32 Å². The van der Waals surface area contributed by atoms with Crippen LogP contribution in [0.3, 0.4) is 0 Å². The van der Waals surface area contributed by atoms with Gasteiger partial charge in [-0.15, -0.1) is 0 Å². The number of amides is 1. The number of rotatable bonds is 6. The smallest absolute Gasteiger partial charge is 0.261 e. The SMILES string of the molecule is COCCOc1ccccc1C(=O)NC(=S)N(C)c1ccccc1. The molecule has 0 heterocycles. The van der Waals surface area contributed by atoms with Gasteiger partial charge >= 0.3 is 0 Å². The average molecular weight is 344 g/mol. The lowest BCUT2D eigenvalue weighted by Crippen LogP contribution is -2.40. The van der Waals surface area contributed by atoms with Gasteiger partial charge in [0, 0.05) is 19.8 Å². The Kier molecular flexibility index (Phi) is 6.72. The Hall–Kier alpha value is -2.44. The number of benzene rings is 2. The molecule has 0 aliphatic rings. The molecule has 0 aliphatic heterocycles. The lowest BCUT2D eigenvalue weighted by atomic mass is 10.2. The molecule has 6 heteroatoms. The molecule has 0 saturated carbocycles. The van der Waals surface area contributed by atoms with Crippen molar-refractivity contribution in [1.29, 1.82) is 0 Å². The molecule has 0 atom stereocenters. The van der Waals surface area contributed by atoms with E-state index in [1.54, 1.807) is 37.3 Å². The van der Waals surface area contributed by atoms with Crippen LogP contribution < -0.4 is 15.0 Å². The summed E-state index contributed by atoms with van der Waals surface area (Å²) in [6, 6.07) is 16.6. The van der Waals surface area contributed by atoms with Crippen LogP contribution in [0.25, 0.3) is 0 Å². The minimum atomic E-state index is -0.309. The van der Waals surface area contributed by atoms with Gasteiger partial charge in [0.1, 0.15) is 12.4 Å². The molecule has 1 amide bonds. The molecule has 2 aromatic carbocycles. The maximum absolute atomic E-state index is 12.5. The van der Waals surface area contributed by atoms with Crippen LogP contribution >= 0.6 is 12.2 Å². The zero-order chi connectivity index (χ0) is 17.4. The molecule has 0 bridgehead atoms. The first kappa shape index (κ1) is 17.9. The maximum atomic E-state index is 12.5. The summed E-state index contributed by atoms with van der Waals surface area (Å²) in [7, 11) is 3.40. The van der Waals surface area contributed by atoms with Crippen molar-refractivity contribution >= 4 is 28.9 Å². The van der Waals surface area contributed by atoms with Crippen LogP contribution in [0.2, 0.25) is 0 Å². The van der Waals surface area contributed by atoms with Crippen LogP contribution in [-0.2, 0) is 4.74 Å². The fourth-order valence-electron chi connectivity index (χ4n) is 2.03. The molecule has 0 saturated heterocycles. The average Bonchev–Trinajstić information content (AvgIpc) is 2.62. The normalized spacial score (nSPS) is 10.1. The lowest BCUT2D eigenvalue weighted by molar-refractivity contribution is 0.0969. The Morgan fingerprint density at radius 3 is 2.46 bits per heavy atom. The van der Waals surface area contributed by atoms with E-state index in [0.717, 1.165) is 5.69 Å². The van der Waals surface area contributed by atoms with Gasteiger partial charge in [-0.1, -0.05) is 30.3 Å². The van der Waals surface area contributed by atoms with Gasteiger partial charge in [-0.3, -0.25) is 10.1 Å². The van der Waals surface area contributed by atoms with Crippen molar-refractivity contribution in [3.63, 3.8) is 0 Å². The lowest BCUT2D eigenvalue weighted by Gasteiger charge is -2.20. The third-order valence-electron chi connectivity index (χ3n) is 3.35. The van der Waals surface area contributed by atoms with Gasteiger partial charge in [0.25, 0.3) is 5.91 Å². The summed E-state index contributed by atoms with van der Waals surface area (Å²) in [5, 5.41) is 3.05. The number of carbonyl (C=O) groups excluding carboxylic acids is 1. The molecule has 2 aromatic rings. The number of para-hydroxylation sites is 2. The van der Waals surface area contributed by atoms with Gasteiger partial charge in [0.2, 0.25) is 0 Å². The highest BCUT2D eigenvalue weighted by Crippen LogP contribution is 2.18. The Labute approximate surface area is 147 Å². The molecule has 0 radical (unpaired) electrons. The number of hydrogen-bond donors (Lipinski definition) is 1. The van der Waals surface area contributed by atoms with Crippen molar-refractivity contribution in [1.82, 2.24) is 5.32 Å². The van der Waals surface area contributed by atoms with Gasteiger partial charge in [0.05, 0.1) is 12.2 Å². The highest BCUT2D eigenvalue weighted by atomic mass is 32.1. The van der Waals surface area contributed by atoms with Crippen LogP contribution in [0.1, 0.15) is 10.4 Å². The van der Waals surface area contributed by atoms with Crippen molar-refractivity contribution in [2.24, 2.45) is 0 Å². The molecule has 0 spiro atoms. The van der Waals surface area contributed by atoms with Crippen LogP contribution in [0, 0.1) is 0 Å². The first-order valence-electron chi connectivity index (χ1n) is 7.48. The highest BCUT2D eigenvalue weighted by Gasteiger charge is 2.15. The maximum Gasteiger partial charge on any atom is 0.261 e. The second kappa shape index (κ2) is 9.00. The number of ether oxygens (including phenoxy) is 2. The molecule has 0 unspecified atom stereocenters. The van der Waals surface area contributed by atoms with Crippen LogP contribution in [-0.4, -0.2) is 38.4 Å². The zero-order valence-electron chi connectivity index (χ0n) is 13.7. The summed E-state index contributed by atoms with van der Waals surface area (Å²) < 4.78 is 10.5. The number of nitrogens with one attached hydrogen (secondary N) is 1. The molecule has 0 aliphatic carbocycles. The van der Waals surface area contributed by atoms with Crippen molar-refractivity contribution < 1.29 is 14.3 Å². The fourth-order valence-corrected chi connectivity index (χ4v) is 2.23. The number of carbonyl (C=O) groups is 1. The molecule has 5 nitrogen and oxygen atoms in total. The second-order valence-corrected chi connectivity index (χ2v) is 5.38. The van der Waals surface area contributed by atoms with Crippen LogP contribution in [0.5, 0.6) is 5.75 Å². The highest BCUT2D eigenvalue weighted by molar-refractivity contribution is 7.80. The summed E-state index contributed by atoms with van der Waals surface area (Å²) in [6.45, 7) is 0.820. The Balaban J connectivity index is 2.05. The molecule has 126 valence electrons. The number of hydrogen-bond acceptors (Lipinski definition) is 4. The van der Waals surface area contributed by atoms with Crippen molar-refractivity contribution in [2.75, 3.05) is 32.3 Å². The molecule has 1 N–H and O–H groups in total. The van der Waals surface area contributed by atoms with E-state index in [9.17, 15) is 4.79 Å². The minimum absolute atomic E-state index is 0.309. The van der Waals surface area contributed by atoms with Crippen LogP contribution in [0.15, 0.2) is 54.6 Å². The van der Waals surface area contributed by atoms with Crippen LogP contribution in [0.4, 0.5) is 5.69 Å². The van der Waals surface area contributed by atoms with Gasteiger partial charge in [-0.2, -0.15) is 0 Å². The molecule has 0 aromatic heterocycles. The Morgan fingerprint density at radius 1 is 1.08 bits per heavy atom. The standard InChI is InChI=1S/C18H20N2O3S/c1-20(14-8-4-3-5-9-14)18(24)19-17(21)15-10-6-7-11-16(15)23-13-12-22-2/h3-11H,12-13H2,1-2H3,(H,19,21,24). The molecule has 2 rings (SSSR count). The number of anilines is 1. The molecular weight excluding hydrogens is 324 g/mol. The van der Waals surface area contributed by atoms with E-state index in [-0.39, 0.29) is 5.91 Å². The molecule has 24 heavy (non-hydrogen) atoms. The van der Waals surface area contributed by atoms with E-state index in [4.69, 9.17) is 21.7 Å². The van der Waals surface area contributed by atoms with Gasteiger partial charge in [0.15, 0.2) is 5.11 Å². The second-order valence-electron chi connectivity index (χ2n) is 4.99. The fraction of sp³-hybridized carbons (Fsp3) is 0.222. The topological polar surface area (TPSA) is 50.8 Å². The van der Waals surface area contributed by atoms with Crippen molar-refractivity contribution in [3.05, 3.63) is 60.2 Å². The van der Waals surface area contributed by atoms with Crippen molar-refractivity contribution in [3.8, 4) is 5.75 Å². The summed E-state index contributed by atoms with van der Waals surface area (Å²) in [5.74, 6) is 0.188. The van der Waals surface area contributed by atoms with E-state index in [1.807, 2.05) is 36.4 Å². The third kappa shape index (κ3) is 4.78. The largest absolute Gasteiger partial charge is 0.490 e. The third-order valence-corrected chi connectivity index (χ3v) is 3.72. The molecular formula is C18H20N2O3S. The van der Waals surface area contributed by atoms with Gasteiger partial charge < -0.3 is 14.4 Å². The monoisotopic (exact) mass is 344 g/mol. The summed E-state index contributed by atoms with van der Waals surface area (Å²) in [6.07, 6.45) is 0. The Morgan fingerprint density at radius 2 is 1.75 bits per heavy atom. The van der Waals surface area contributed by atoms with E-state index < -0.39 is 0 Å². The summed E-state index contributed by atoms with van der Waals surface area (Å²) >= 11 is 5.32. The van der Waals surface area contributed by atoms with Crippen molar-refractivity contribution in [2.45, 2.75) is 0 Å². The first-order valence-corrected chi connectivity index (χ1v) is 7.89. The van der Waals surface area contributed by atoms with Gasteiger partial charge in [-0.25, -0.2) is 0 Å². The van der Waals surface area contributed by atoms with E-state index in [1.165, 1.54) is 0 Å². The summed E-state index contributed by atoms with van der Waals surface area (Å²) in [5.41, 5.74) is 1.32. The summed E-state index contributed by atoms with van der Waals surface area (Å²) in [4.78, 5) is 14.2. The van der Waals surface area contributed by atoms with E-state index >= 15 is 0 Å². The Bertz CT molecular complexity index is 692.